The van der Waals surface area contributed by atoms with Gasteiger partial charge < -0.3 is 18.9 Å². The van der Waals surface area contributed by atoms with Crippen LogP contribution in [0.1, 0.15) is 16.1 Å². The average Bonchev–Trinajstić information content (AvgIpc) is 3.76. The third kappa shape index (κ3) is 3.77. The van der Waals surface area contributed by atoms with Crippen LogP contribution in [-0.4, -0.2) is 9.13 Å². The number of furan rings is 1. The molecule has 0 bridgehead atoms. The van der Waals surface area contributed by atoms with Gasteiger partial charge in [0.25, 0.3) is 0 Å². The van der Waals surface area contributed by atoms with Crippen molar-refractivity contribution < 1.29 is 4.42 Å². The molecule has 2 unspecified atom stereocenters. The fourth-order valence-corrected chi connectivity index (χ4v) is 8.17. The quantitative estimate of drug-likeness (QED) is 0.109. The summed E-state index contributed by atoms with van der Waals surface area (Å²) in [5.74, 6) is 0.933. The van der Waals surface area contributed by atoms with Crippen LogP contribution in [0, 0.1) is 0 Å². The summed E-state index contributed by atoms with van der Waals surface area (Å²) in [7, 11) is 0. The Morgan fingerprint density at radius 1 is 0.543 bits per heavy atom. The van der Waals surface area contributed by atoms with Gasteiger partial charge in [0.1, 0.15) is 9.63 Å². The van der Waals surface area contributed by atoms with Crippen molar-refractivity contribution in [3.8, 4) is 16.8 Å². The van der Waals surface area contributed by atoms with Gasteiger partial charge in [-0.15, -0.1) is 0 Å². The first-order valence-electron chi connectivity index (χ1n) is 15.5. The number of nitrogens with one attached hydrogen (secondary N) is 2. The van der Waals surface area contributed by atoms with Crippen LogP contribution >= 0.6 is 22.6 Å². The maximum absolute atomic E-state index is 6.27. The van der Waals surface area contributed by atoms with E-state index < -0.39 is 0 Å². The fraction of sp³-hybridized carbons (Fsp3) is 0.0500. The van der Waals surface area contributed by atoms with Gasteiger partial charge in [-0.2, -0.15) is 0 Å². The maximum Gasteiger partial charge on any atom is 0.161 e. The molecule has 6 heteroatoms. The average molecular weight is 707 g/mol. The summed E-state index contributed by atoms with van der Waals surface area (Å²) < 4.78 is 11.1. The molecule has 0 spiro atoms. The number of hydrogen-bond donors (Lipinski definition) is 2. The third-order valence-electron chi connectivity index (χ3n) is 9.43. The van der Waals surface area contributed by atoms with Crippen molar-refractivity contribution >= 4 is 82.9 Å². The number of para-hydroxylation sites is 4. The van der Waals surface area contributed by atoms with E-state index in [1.807, 2.05) is 12.1 Å². The zero-order valence-electron chi connectivity index (χ0n) is 24.6. The van der Waals surface area contributed by atoms with Crippen molar-refractivity contribution in [2.45, 2.75) is 10.3 Å². The smallest absolute Gasteiger partial charge is 0.161 e. The normalized spacial score (nSPS) is 16.5. The minimum atomic E-state index is -0.167. The second-order valence-corrected chi connectivity index (χ2v) is 13.2. The van der Waals surface area contributed by atoms with Crippen LogP contribution in [0.25, 0.3) is 71.4 Å². The molecule has 10 rings (SSSR count). The maximum atomic E-state index is 6.27. The largest absolute Gasteiger partial charge is 0.456 e. The summed E-state index contributed by atoms with van der Waals surface area (Å²) in [6.07, 6.45) is -0.167. The van der Waals surface area contributed by atoms with Gasteiger partial charge in [0.05, 0.1) is 27.8 Å². The third-order valence-corrected chi connectivity index (χ3v) is 10.4. The lowest BCUT2D eigenvalue weighted by molar-refractivity contribution is 0.413. The summed E-state index contributed by atoms with van der Waals surface area (Å²) in [5.41, 5.74) is 10.3. The molecule has 1 aliphatic heterocycles. The van der Waals surface area contributed by atoms with Gasteiger partial charge in [-0.05, 0) is 65.7 Å². The van der Waals surface area contributed by atoms with Crippen molar-refractivity contribution in [2.75, 3.05) is 5.32 Å². The number of aromatic nitrogens is 2. The highest BCUT2D eigenvalue weighted by molar-refractivity contribution is 14.1. The Morgan fingerprint density at radius 2 is 1.17 bits per heavy atom. The number of nitrogens with zero attached hydrogens (tertiary/aromatic N) is 2. The number of benzene rings is 6. The zero-order chi connectivity index (χ0) is 30.4. The number of fused-ring (bicyclic) bond motifs is 9. The fourth-order valence-electron chi connectivity index (χ4n) is 7.39. The van der Waals surface area contributed by atoms with Gasteiger partial charge >= 0.3 is 0 Å². The summed E-state index contributed by atoms with van der Waals surface area (Å²) in [4.78, 5) is 0. The molecule has 2 N–H and O–H groups in total. The standard InChI is InChI=1S/C40H27IN4O/c41-39-38-37(30-14-6-9-17-36(30)46-38)42-40(43-39)45-33-16-8-4-12-27(33)29-20-18-25(23-35(29)45)24-19-21-34-31(22-24)28-13-5-7-15-32(28)44(34)26-10-2-1-3-11-26/h1-23,39-40,42-43H. The van der Waals surface area contributed by atoms with Crippen LogP contribution in [0.4, 0.5) is 5.69 Å². The van der Waals surface area contributed by atoms with Crippen LogP contribution in [0.5, 0.6) is 0 Å². The molecule has 4 heterocycles. The lowest BCUT2D eigenvalue weighted by Crippen LogP contribution is -2.37. The molecule has 0 aliphatic carbocycles. The first kappa shape index (κ1) is 26.2. The van der Waals surface area contributed by atoms with Crippen molar-refractivity contribution in [1.82, 2.24) is 14.5 Å². The van der Waals surface area contributed by atoms with Crippen LogP contribution in [0.3, 0.4) is 0 Å². The first-order chi connectivity index (χ1) is 22.7. The van der Waals surface area contributed by atoms with Crippen molar-refractivity contribution in [2.24, 2.45) is 0 Å². The van der Waals surface area contributed by atoms with Crippen LogP contribution in [0.2, 0.25) is 0 Å². The lowest BCUT2D eigenvalue weighted by atomic mass is 10.0. The molecule has 9 aromatic rings. The minimum Gasteiger partial charge on any atom is -0.456 e. The molecule has 3 aromatic heterocycles. The highest BCUT2D eigenvalue weighted by Crippen LogP contribution is 2.44. The number of halogens is 1. The van der Waals surface area contributed by atoms with Gasteiger partial charge in [0, 0.05) is 32.6 Å². The second kappa shape index (κ2) is 9.97. The van der Waals surface area contributed by atoms with Crippen molar-refractivity contribution in [3.05, 3.63) is 145 Å². The molecule has 0 fully saturated rings. The Bertz CT molecular complexity index is 2630. The second-order valence-electron chi connectivity index (χ2n) is 12.0. The Hall–Kier alpha value is -5.05. The van der Waals surface area contributed by atoms with E-state index in [-0.39, 0.29) is 10.3 Å². The van der Waals surface area contributed by atoms with Crippen LogP contribution < -0.4 is 10.6 Å². The highest BCUT2D eigenvalue weighted by atomic mass is 127. The molecule has 0 amide bonds. The van der Waals surface area contributed by atoms with Crippen molar-refractivity contribution in [3.63, 3.8) is 0 Å². The molecule has 2 atom stereocenters. The van der Waals surface area contributed by atoms with Crippen molar-refractivity contribution in [1.29, 1.82) is 0 Å². The topological polar surface area (TPSA) is 47.1 Å². The molecule has 1 aliphatic rings. The van der Waals surface area contributed by atoms with Gasteiger partial charge in [-0.25, -0.2) is 0 Å². The van der Waals surface area contributed by atoms with E-state index in [1.165, 1.54) is 60.4 Å². The summed E-state index contributed by atoms with van der Waals surface area (Å²) in [6, 6.07) is 50.1. The van der Waals surface area contributed by atoms with E-state index in [4.69, 9.17) is 4.42 Å². The van der Waals surface area contributed by atoms with E-state index >= 15 is 0 Å². The molecule has 0 saturated carbocycles. The van der Waals surface area contributed by atoms with Gasteiger partial charge in [-0.1, -0.05) is 108 Å². The molecule has 220 valence electrons. The van der Waals surface area contributed by atoms with E-state index in [9.17, 15) is 0 Å². The van der Waals surface area contributed by atoms with Crippen LogP contribution in [0.15, 0.2) is 144 Å². The Morgan fingerprint density at radius 3 is 2.02 bits per heavy atom. The molecule has 0 radical (unpaired) electrons. The molecular weight excluding hydrogens is 679 g/mol. The molecular formula is C40H27IN4O. The molecule has 6 aromatic carbocycles. The molecule has 46 heavy (non-hydrogen) atoms. The first-order valence-corrected chi connectivity index (χ1v) is 16.8. The lowest BCUT2D eigenvalue weighted by Gasteiger charge is -2.31. The van der Waals surface area contributed by atoms with E-state index in [1.54, 1.807) is 0 Å². The Kier molecular flexibility index (Phi) is 5.68. The SMILES string of the molecule is IC1NC(n2c3ccccc3c3ccc(-c4ccc5c(c4)c4ccccc4n5-c4ccccc4)cc32)Nc2c1oc1ccccc21. The predicted octanol–water partition coefficient (Wildman–Crippen LogP) is 10.9. The number of hydrogen-bond acceptors (Lipinski definition) is 3. The van der Waals surface area contributed by atoms with E-state index in [2.05, 4.69) is 170 Å². The zero-order valence-corrected chi connectivity index (χ0v) is 26.8. The summed E-state index contributed by atoms with van der Waals surface area (Å²) >= 11 is 2.45. The number of alkyl halides is 1. The summed E-state index contributed by atoms with van der Waals surface area (Å²) in [5, 5.41) is 13.7. The number of anilines is 1. The Balaban J connectivity index is 1.16. The highest BCUT2D eigenvalue weighted by Gasteiger charge is 2.31. The van der Waals surface area contributed by atoms with E-state index in [0.717, 1.165) is 22.4 Å². The van der Waals surface area contributed by atoms with E-state index in [0.29, 0.717) is 0 Å². The minimum absolute atomic E-state index is 0.00924. The number of rotatable bonds is 3. The van der Waals surface area contributed by atoms with Gasteiger partial charge in [0.15, 0.2) is 12.0 Å². The predicted molar refractivity (Wildman–Crippen MR) is 198 cm³/mol. The Labute approximate surface area is 278 Å². The summed E-state index contributed by atoms with van der Waals surface area (Å²) in [6.45, 7) is 0. The molecule has 5 nitrogen and oxygen atoms in total. The van der Waals surface area contributed by atoms with Gasteiger partial charge in [-0.3, -0.25) is 5.32 Å². The van der Waals surface area contributed by atoms with Crippen LogP contribution in [-0.2, 0) is 0 Å². The monoisotopic (exact) mass is 706 g/mol. The van der Waals surface area contributed by atoms with Gasteiger partial charge in [0.2, 0.25) is 0 Å². The molecule has 0 saturated heterocycles.